The molecular weight excluding hydrogens is 341 g/mol. The van der Waals surface area contributed by atoms with Gasteiger partial charge in [0.1, 0.15) is 13.2 Å². The van der Waals surface area contributed by atoms with Gasteiger partial charge in [-0.15, -0.1) is 11.8 Å². The van der Waals surface area contributed by atoms with E-state index in [1.54, 1.807) is 6.07 Å². The number of thioether (sulfide) groups is 1. The zero-order chi connectivity index (χ0) is 16.2. The largest absolute Gasteiger partial charge is 0.486 e. The molecule has 0 aliphatic carbocycles. The highest BCUT2D eigenvalue weighted by atomic mass is 35.5. The first kappa shape index (κ1) is 16.0. The minimum atomic E-state index is -0.633. The Morgan fingerprint density at radius 1 is 1.22 bits per heavy atom. The molecule has 0 atom stereocenters. The molecule has 0 spiro atoms. The zero-order valence-corrected chi connectivity index (χ0v) is 13.5. The Morgan fingerprint density at radius 2 is 2.00 bits per heavy atom. The van der Waals surface area contributed by atoms with Crippen LogP contribution in [0.4, 0.5) is 10.1 Å². The molecule has 0 fully saturated rings. The zero-order valence-electron chi connectivity index (χ0n) is 12.0. The van der Waals surface area contributed by atoms with Crippen molar-refractivity contribution in [3.63, 3.8) is 0 Å². The fraction of sp³-hybridized carbons (Fsp3) is 0.188. The summed E-state index contributed by atoms with van der Waals surface area (Å²) in [5, 5.41) is 2.48. The summed E-state index contributed by atoms with van der Waals surface area (Å²) in [6.45, 7) is 1.04. The van der Waals surface area contributed by atoms with Crippen LogP contribution in [0.2, 0.25) is 5.02 Å². The average molecular weight is 354 g/mol. The van der Waals surface area contributed by atoms with Crippen molar-refractivity contribution >= 4 is 35.0 Å². The molecule has 1 aliphatic rings. The maximum absolute atomic E-state index is 13.7. The Balaban J connectivity index is 1.60. The second kappa shape index (κ2) is 7.10. The molecular formula is C16H13ClFNO3S. The van der Waals surface area contributed by atoms with Gasteiger partial charge in [0.05, 0.1) is 16.5 Å². The molecule has 0 aromatic heterocycles. The van der Waals surface area contributed by atoms with E-state index in [0.29, 0.717) is 24.7 Å². The van der Waals surface area contributed by atoms with Crippen LogP contribution in [0.5, 0.6) is 11.5 Å². The molecule has 2 aromatic carbocycles. The quantitative estimate of drug-likeness (QED) is 0.844. The van der Waals surface area contributed by atoms with E-state index in [1.165, 1.54) is 23.9 Å². The predicted molar refractivity (Wildman–Crippen MR) is 88.2 cm³/mol. The number of nitrogens with one attached hydrogen (secondary N) is 1. The molecule has 0 bridgehead atoms. The molecule has 2 aromatic rings. The topological polar surface area (TPSA) is 47.6 Å². The Bertz CT molecular complexity index is 741. The van der Waals surface area contributed by atoms with Gasteiger partial charge in [0.15, 0.2) is 17.3 Å². The highest BCUT2D eigenvalue weighted by molar-refractivity contribution is 8.00. The van der Waals surface area contributed by atoms with Gasteiger partial charge in [0.25, 0.3) is 0 Å². The third-order valence-electron chi connectivity index (χ3n) is 3.11. The van der Waals surface area contributed by atoms with E-state index >= 15 is 0 Å². The van der Waals surface area contributed by atoms with Gasteiger partial charge in [0, 0.05) is 4.90 Å². The number of amides is 1. The maximum Gasteiger partial charge on any atom is 0.234 e. The van der Waals surface area contributed by atoms with E-state index in [2.05, 4.69) is 5.32 Å². The monoisotopic (exact) mass is 353 g/mol. The van der Waals surface area contributed by atoms with Crippen LogP contribution in [0.15, 0.2) is 41.3 Å². The smallest absolute Gasteiger partial charge is 0.234 e. The van der Waals surface area contributed by atoms with Gasteiger partial charge in [-0.3, -0.25) is 4.79 Å². The second-order valence-electron chi connectivity index (χ2n) is 4.74. The molecule has 0 saturated carbocycles. The fourth-order valence-electron chi connectivity index (χ4n) is 2.05. The number of anilines is 1. The molecule has 0 radical (unpaired) electrons. The number of fused-ring (bicyclic) bond motifs is 1. The number of hydrogen-bond donors (Lipinski definition) is 1. The van der Waals surface area contributed by atoms with Gasteiger partial charge in [-0.25, -0.2) is 4.39 Å². The van der Waals surface area contributed by atoms with Gasteiger partial charge < -0.3 is 14.8 Å². The lowest BCUT2D eigenvalue weighted by Gasteiger charge is -2.18. The molecule has 120 valence electrons. The van der Waals surface area contributed by atoms with Crippen LogP contribution < -0.4 is 14.8 Å². The van der Waals surface area contributed by atoms with Crippen LogP contribution in [0, 0.1) is 5.82 Å². The lowest BCUT2D eigenvalue weighted by molar-refractivity contribution is -0.113. The highest BCUT2D eigenvalue weighted by Crippen LogP contribution is 2.34. The van der Waals surface area contributed by atoms with Crippen LogP contribution in [0.1, 0.15) is 0 Å². The van der Waals surface area contributed by atoms with Crippen molar-refractivity contribution in [3.05, 3.63) is 47.2 Å². The molecule has 0 unspecified atom stereocenters. The summed E-state index contributed by atoms with van der Waals surface area (Å²) in [5.74, 6) is 0.567. The first-order valence-electron chi connectivity index (χ1n) is 6.90. The number of hydrogen-bond acceptors (Lipinski definition) is 4. The third-order valence-corrected chi connectivity index (χ3v) is 4.39. The summed E-state index contributed by atoms with van der Waals surface area (Å²) in [6.07, 6.45) is 0. The van der Waals surface area contributed by atoms with Crippen molar-refractivity contribution in [3.8, 4) is 11.5 Å². The summed E-state index contributed by atoms with van der Waals surface area (Å²) < 4.78 is 24.7. The second-order valence-corrected chi connectivity index (χ2v) is 6.20. The standard InChI is InChI=1S/C16H13ClFNO3S/c17-11-2-1-3-12(16(11)18)19-15(20)9-23-10-4-5-13-14(8-10)22-7-6-21-13/h1-5,8H,6-7,9H2,(H,19,20). The minimum Gasteiger partial charge on any atom is -0.486 e. The lowest BCUT2D eigenvalue weighted by atomic mass is 10.3. The molecule has 1 amide bonds. The average Bonchev–Trinajstić information content (AvgIpc) is 2.57. The van der Waals surface area contributed by atoms with Crippen LogP contribution in [-0.2, 0) is 4.79 Å². The van der Waals surface area contributed by atoms with Gasteiger partial charge in [-0.2, -0.15) is 0 Å². The lowest BCUT2D eigenvalue weighted by Crippen LogP contribution is -2.16. The van der Waals surface area contributed by atoms with Crippen molar-refractivity contribution in [2.45, 2.75) is 4.90 Å². The number of ether oxygens (including phenoxy) is 2. The summed E-state index contributed by atoms with van der Waals surface area (Å²) in [7, 11) is 0. The first-order valence-corrected chi connectivity index (χ1v) is 8.26. The number of carbonyl (C=O) groups is 1. The van der Waals surface area contributed by atoms with E-state index < -0.39 is 5.82 Å². The van der Waals surface area contributed by atoms with Gasteiger partial charge >= 0.3 is 0 Å². The number of benzene rings is 2. The Hall–Kier alpha value is -1.92. The van der Waals surface area contributed by atoms with Gasteiger partial charge in [-0.05, 0) is 30.3 Å². The molecule has 1 aliphatic heterocycles. The Morgan fingerprint density at radius 3 is 2.83 bits per heavy atom. The Kier molecular flexibility index (Phi) is 4.93. The summed E-state index contributed by atoms with van der Waals surface area (Å²) in [5.41, 5.74) is 0.0743. The van der Waals surface area contributed by atoms with Crippen molar-refractivity contribution in [1.82, 2.24) is 0 Å². The molecule has 3 rings (SSSR count). The van der Waals surface area contributed by atoms with Crippen molar-refractivity contribution < 1.29 is 18.7 Å². The van der Waals surface area contributed by atoms with E-state index in [1.807, 2.05) is 18.2 Å². The van der Waals surface area contributed by atoms with Gasteiger partial charge in [0.2, 0.25) is 5.91 Å². The maximum atomic E-state index is 13.7. The number of rotatable bonds is 4. The molecule has 0 saturated heterocycles. The predicted octanol–water partition coefficient (Wildman–Crippen LogP) is 3.98. The fourth-order valence-corrected chi connectivity index (χ4v) is 2.95. The van der Waals surface area contributed by atoms with Crippen molar-refractivity contribution in [2.24, 2.45) is 0 Å². The first-order chi connectivity index (χ1) is 11.1. The van der Waals surface area contributed by atoms with Crippen LogP contribution in [-0.4, -0.2) is 24.9 Å². The molecule has 1 heterocycles. The minimum absolute atomic E-state index is 0.0257. The van der Waals surface area contributed by atoms with Gasteiger partial charge in [-0.1, -0.05) is 17.7 Å². The summed E-state index contributed by atoms with van der Waals surface area (Å²) in [4.78, 5) is 12.8. The normalized spacial score (nSPS) is 12.8. The third kappa shape index (κ3) is 3.89. The number of halogens is 2. The van der Waals surface area contributed by atoms with E-state index in [9.17, 15) is 9.18 Å². The molecule has 7 heteroatoms. The molecule has 1 N–H and O–H groups in total. The van der Waals surface area contributed by atoms with E-state index in [4.69, 9.17) is 21.1 Å². The highest BCUT2D eigenvalue weighted by Gasteiger charge is 2.13. The SMILES string of the molecule is O=C(CSc1ccc2c(c1)OCCO2)Nc1cccc(Cl)c1F. The van der Waals surface area contributed by atoms with Crippen molar-refractivity contribution in [1.29, 1.82) is 0 Å². The Labute approximate surface area is 141 Å². The molecule has 4 nitrogen and oxygen atoms in total. The summed E-state index contributed by atoms with van der Waals surface area (Å²) in [6, 6.07) is 9.96. The summed E-state index contributed by atoms with van der Waals surface area (Å²) >= 11 is 7.01. The molecule has 23 heavy (non-hydrogen) atoms. The van der Waals surface area contributed by atoms with E-state index in [0.717, 1.165) is 4.90 Å². The van der Waals surface area contributed by atoms with Crippen LogP contribution in [0.25, 0.3) is 0 Å². The van der Waals surface area contributed by atoms with E-state index in [-0.39, 0.29) is 22.4 Å². The van der Waals surface area contributed by atoms with Crippen molar-refractivity contribution in [2.75, 3.05) is 24.3 Å². The van der Waals surface area contributed by atoms with Crippen LogP contribution in [0.3, 0.4) is 0 Å². The van der Waals surface area contributed by atoms with Crippen LogP contribution >= 0.6 is 23.4 Å². The number of carbonyl (C=O) groups excluding carboxylic acids is 1.